The molecule has 0 aromatic carbocycles. The van der Waals surface area contributed by atoms with Gasteiger partial charge in [-0.15, -0.1) is 0 Å². The molecule has 0 saturated carbocycles. The zero-order valence-corrected chi connectivity index (χ0v) is 14.9. The first kappa shape index (κ1) is 17.2. The van der Waals surface area contributed by atoms with Gasteiger partial charge in [-0.1, -0.05) is 34.1 Å². The molecule has 1 aromatic rings. The maximum Gasteiger partial charge on any atom is 0.136 e. The zero-order valence-electron chi connectivity index (χ0n) is 14.9. The highest BCUT2D eigenvalue weighted by Gasteiger charge is 2.24. The fourth-order valence-electron chi connectivity index (χ4n) is 3.12. The zero-order chi connectivity index (χ0) is 16.2. The average molecular weight is 305 g/mol. The van der Waals surface area contributed by atoms with E-state index >= 15 is 0 Å². The van der Waals surface area contributed by atoms with Crippen molar-refractivity contribution in [2.45, 2.75) is 65.4 Å². The molecule has 0 radical (unpaired) electrons. The van der Waals surface area contributed by atoms with E-state index in [1.165, 1.54) is 25.7 Å². The van der Waals surface area contributed by atoms with Crippen molar-refractivity contribution >= 4 is 5.82 Å². The lowest BCUT2D eigenvalue weighted by Gasteiger charge is -2.34. The molecule has 1 fully saturated rings. The minimum atomic E-state index is -0.0445. The van der Waals surface area contributed by atoms with Crippen molar-refractivity contribution in [2.75, 3.05) is 25.1 Å². The summed E-state index contributed by atoms with van der Waals surface area (Å²) < 4.78 is 5.29. The Bertz CT molecular complexity index is 480. The Morgan fingerprint density at radius 1 is 1.32 bits per heavy atom. The molecule has 1 aliphatic heterocycles. The van der Waals surface area contributed by atoms with E-state index in [0.29, 0.717) is 6.61 Å². The topological polar surface area (TPSA) is 38.2 Å². The van der Waals surface area contributed by atoms with Crippen molar-refractivity contribution in [1.29, 1.82) is 0 Å². The number of nitrogens with zero attached hydrogens (tertiary/aromatic N) is 3. The number of hydrogen-bond acceptors (Lipinski definition) is 4. The van der Waals surface area contributed by atoms with E-state index < -0.39 is 0 Å². The van der Waals surface area contributed by atoms with Crippen LogP contribution in [0.3, 0.4) is 0 Å². The predicted octanol–water partition coefficient (Wildman–Crippen LogP) is 3.94. The molecule has 1 unspecified atom stereocenters. The largest absolute Gasteiger partial charge is 0.378 e. The molecule has 0 amide bonds. The standard InChI is InChI=1S/C18H31N3O/c1-6-8-14-9-7-10-21(12-14)16-11-15(13-22-5)19-17(20-16)18(2,3)4/h11,14H,6-10,12-13H2,1-5H3. The first-order valence-corrected chi connectivity index (χ1v) is 8.56. The van der Waals surface area contributed by atoms with Gasteiger partial charge in [0.05, 0.1) is 12.3 Å². The Morgan fingerprint density at radius 3 is 2.73 bits per heavy atom. The summed E-state index contributed by atoms with van der Waals surface area (Å²) in [6, 6.07) is 2.10. The van der Waals surface area contributed by atoms with Crippen LogP contribution >= 0.6 is 0 Å². The normalized spacial score (nSPS) is 19.5. The third-order valence-corrected chi connectivity index (χ3v) is 4.27. The first-order chi connectivity index (χ1) is 10.4. The summed E-state index contributed by atoms with van der Waals surface area (Å²) in [5.41, 5.74) is 0.937. The van der Waals surface area contributed by atoms with Crippen molar-refractivity contribution in [1.82, 2.24) is 9.97 Å². The smallest absolute Gasteiger partial charge is 0.136 e. The van der Waals surface area contributed by atoms with E-state index in [2.05, 4.69) is 43.6 Å². The Hall–Kier alpha value is -1.16. The molecule has 124 valence electrons. The number of piperidine rings is 1. The Balaban J connectivity index is 2.26. The molecular weight excluding hydrogens is 274 g/mol. The summed E-state index contributed by atoms with van der Waals surface area (Å²) in [6.07, 6.45) is 5.20. The van der Waals surface area contributed by atoms with Crippen molar-refractivity contribution in [3.8, 4) is 0 Å². The van der Waals surface area contributed by atoms with Gasteiger partial charge in [-0.2, -0.15) is 0 Å². The molecule has 2 heterocycles. The van der Waals surface area contributed by atoms with Gasteiger partial charge < -0.3 is 9.64 Å². The van der Waals surface area contributed by atoms with E-state index in [1.807, 2.05) is 0 Å². The number of methoxy groups -OCH3 is 1. The van der Waals surface area contributed by atoms with Crippen molar-refractivity contribution in [2.24, 2.45) is 5.92 Å². The van der Waals surface area contributed by atoms with Gasteiger partial charge in [0.25, 0.3) is 0 Å². The minimum absolute atomic E-state index is 0.0445. The van der Waals surface area contributed by atoms with E-state index in [1.54, 1.807) is 7.11 Å². The highest BCUT2D eigenvalue weighted by Crippen LogP contribution is 2.27. The van der Waals surface area contributed by atoms with E-state index in [-0.39, 0.29) is 5.41 Å². The SMILES string of the molecule is CCCC1CCCN(c2cc(COC)nc(C(C)(C)C)n2)C1. The molecule has 0 bridgehead atoms. The molecule has 1 atom stereocenters. The van der Waals surface area contributed by atoms with E-state index in [9.17, 15) is 0 Å². The fourth-order valence-corrected chi connectivity index (χ4v) is 3.12. The molecular formula is C18H31N3O. The number of ether oxygens (including phenoxy) is 1. The highest BCUT2D eigenvalue weighted by atomic mass is 16.5. The second-order valence-corrected chi connectivity index (χ2v) is 7.47. The van der Waals surface area contributed by atoms with Crippen molar-refractivity contribution < 1.29 is 4.74 Å². The predicted molar refractivity (Wildman–Crippen MR) is 91.3 cm³/mol. The van der Waals surface area contributed by atoms with Gasteiger partial charge >= 0.3 is 0 Å². The van der Waals surface area contributed by atoms with E-state index in [0.717, 1.165) is 36.3 Å². The molecule has 1 saturated heterocycles. The van der Waals surface area contributed by atoms with Gasteiger partial charge in [-0.3, -0.25) is 0 Å². The third kappa shape index (κ3) is 4.42. The second-order valence-electron chi connectivity index (χ2n) is 7.47. The number of anilines is 1. The van der Waals surface area contributed by atoms with Crippen molar-refractivity contribution in [3.63, 3.8) is 0 Å². The van der Waals surface area contributed by atoms with Crippen LogP contribution in [0.5, 0.6) is 0 Å². The Kier molecular flexibility index (Phi) is 5.79. The molecule has 1 aromatic heterocycles. The fraction of sp³-hybridized carbons (Fsp3) is 0.778. The number of hydrogen-bond donors (Lipinski definition) is 0. The maximum atomic E-state index is 5.29. The highest BCUT2D eigenvalue weighted by molar-refractivity contribution is 5.41. The summed E-state index contributed by atoms with van der Waals surface area (Å²) in [6.45, 7) is 11.5. The first-order valence-electron chi connectivity index (χ1n) is 8.56. The van der Waals surface area contributed by atoms with E-state index in [4.69, 9.17) is 9.72 Å². The van der Waals surface area contributed by atoms with Crippen LogP contribution in [0.4, 0.5) is 5.82 Å². The summed E-state index contributed by atoms with van der Waals surface area (Å²) in [5, 5.41) is 0. The van der Waals surface area contributed by atoms with Gasteiger partial charge in [0.2, 0.25) is 0 Å². The van der Waals surface area contributed by atoms with Crippen LogP contribution in [0.25, 0.3) is 0 Å². The van der Waals surface area contributed by atoms with Crippen LogP contribution in [0, 0.1) is 5.92 Å². The maximum absolute atomic E-state index is 5.29. The van der Waals surface area contributed by atoms with Crippen LogP contribution in [-0.2, 0) is 16.8 Å². The molecule has 22 heavy (non-hydrogen) atoms. The quantitative estimate of drug-likeness (QED) is 0.826. The van der Waals surface area contributed by atoms with Crippen LogP contribution in [0.15, 0.2) is 6.07 Å². The molecule has 4 nitrogen and oxygen atoms in total. The van der Waals surface area contributed by atoms with Gasteiger partial charge in [0.1, 0.15) is 11.6 Å². The van der Waals surface area contributed by atoms with Crippen LogP contribution in [-0.4, -0.2) is 30.2 Å². The molecule has 0 N–H and O–H groups in total. The second kappa shape index (κ2) is 7.40. The molecule has 0 spiro atoms. The summed E-state index contributed by atoms with van der Waals surface area (Å²) >= 11 is 0. The lowest BCUT2D eigenvalue weighted by Crippen LogP contribution is -2.36. The summed E-state index contributed by atoms with van der Waals surface area (Å²) in [5.74, 6) is 2.79. The minimum Gasteiger partial charge on any atom is -0.378 e. The van der Waals surface area contributed by atoms with Gasteiger partial charge in [-0.25, -0.2) is 9.97 Å². The van der Waals surface area contributed by atoms with Crippen molar-refractivity contribution in [3.05, 3.63) is 17.6 Å². The van der Waals surface area contributed by atoms with Gasteiger partial charge in [-0.05, 0) is 25.2 Å². The molecule has 4 heteroatoms. The number of aromatic nitrogens is 2. The lowest BCUT2D eigenvalue weighted by atomic mass is 9.93. The average Bonchev–Trinajstić information content (AvgIpc) is 2.47. The Labute approximate surface area is 135 Å². The summed E-state index contributed by atoms with van der Waals surface area (Å²) in [4.78, 5) is 12.0. The van der Waals surface area contributed by atoms with Crippen LogP contribution in [0.1, 0.15) is 64.9 Å². The molecule has 2 rings (SSSR count). The van der Waals surface area contributed by atoms with Gasteiger partial charge in [0.15, 0.2) is 0 Å². The van der Waals surface area contributed by atoms with Gasteiger partial charge in [0, 0.05) is 31.7 Å². The third-order valence-electron chi connectivity index (χ3n) is 4.27. The monoisotopic (exact) mass is 305 g/mol. The Morgan fingerprint density at radius 2 is 2.09 bits per heavy atom. The lowest BCUT2D eigenvalue weighted by molar-refractivity contribution is 0.181. The van der Waals surface area contributed by atoms with Crippen LogP contribution in [0.2, 0.25) is 0 Å². The number of rotatable bonds is 5. The molecule has 1 aliphatic rings. The molecule has 0 aliphatic carbocycles. The van der Waals surface area contributed by atoms with Crippen LogP contribution < -0.4 is 4.90 Å². The summed E-state index contributed by atoms with van der Waals surface area (Å²) in [7, 11) is 1.72.